The third kappa shape index (κ3) is 3.38. The van der Waals surface area contributed by atoms with E-state index in [1.54, 1.807) is 17.8 Å². The lowest BCUT2D eigenvalue weighted by molar-refractivity contribution is 0.0600. The number of thioether (sulfide) groups is 1. The molecule has 19 heavy (non-hydrogen) atoms. The van der Waals surface area contributed by atoms with Crippen LogP contribution in [0.3, 0.4) is 0 Å². The highest BCUT2D eigenvalue weighted by Gasteiger charge is 2.07. The Kier molecular flexibility index (Phi) is 4.63. The normalized spacial score (nSPS) is 10.2. The van der Waals surface area contributed by atoms with Crippen LogP contribution < -0.4 is 0 Å². The predicted molar refractivity (Wildman–Crippen MR) is 78.8 cm³/mol. The molecule has 0 radical (unpaired) electrons. The van der Waals surface area contributed by atoms with Crippen molar-refractivity contribution in [2.24, 2.45) is 0 Å². The molecule has 0 unspecified atom stereocenters. The summed E-state index contributed by atoms with van der Waals surface area (Å²) in [5.74, 6) is -0.292. The number of esters is 1. The van der Waals surface area contributed by atoms with Gasteiger partial charge in [0.15, 0.2) is 0 Å². The van der Waals surface area contributed by atoms with Crippen LogP contribution in [0.2, 0.25) is 0 Å². The Morgan fingerprint density at radius 1 is 1.16 bits per heavy atom. The summed E-state index contributed by atoms with van der Waals surface area (Å²) in [6, 6.07) is 15.9. The second-order valence-electron chi connectivity index (χ2n) is 4.18. The number of benzene rings is 2. The summed E-state index contributed by atoms with van der Waals surface area (Å²) < 4.78 is 4.74. The van der Waals surface area contributed by atoms with Crippen LogP contribution in [0.5, 0.6) is 0 Å². The molecular weight excluding hydrogens is 256 g/mol. The molecule has 2 aromatic rings. The number of methoxy groups -OCH3 is 1. The second-order valence-corrected chi connectivity index (χ2v) is 5.03. The van der Waals surface area contributed by atoms with Crippen molar-refractivity contribution in [1.82, 2.24) is 0 Å². The summed E-state index contributed by atoms with van der Waals surface area (Å²) in [7, 11) is 1.40. The molecule has 0 saturated heterocycles. The highest BCUT2D eigenvalue weighted by Crippen LogP contribution is 2.22. The molecule has 2 aromatic carbocycles. The van der Waals surface area contributed by atoms with Crippen LogP contribution in [0, 0.1) is 0 Å². The zero-order valence-electron chi connectivity index (χ0n) is 11.1. The Labute approximate surface area is 117 Å². The molecule has 0 N–H and O–H groups in total. The maximum atomic E-state index is 11.5. The molecule has 0 spiro atoms. The largest absolute Gasteiger partial charge is 0.465 e. The highest BCUT2D eigenvalue weighted by atomic mass is 32.2. The average Bonchev–Trinajstić information content (AvgIpc) is 2.47. The molecule has 0 bridgehead atoms. The topological polar surface area (TPSA) is 26.3 Å². The van der Waals surface area contributed by atoms with E-state index in [1.807, 2.05) is 30.3 Å². The Balaban J connectivity index is 2.26. The van der Waals surface area contributed by atoms with E-state index in [4.69, 9.17) is 4.74 Å². The SMILES string of the molecule is COC(=O)c1cccc(Cc2ccccc2SC)c1. The summed E-state index contributed by atoms with van der Waals surface area (Å²) >= 11 is 1.74. The lowest BCUT2D eigenvalue weighted by Crippen LogP contribution is -2.02. The zero-order valence-corrected chi connectivity index (χ0v) is 11.9. The fourth-order valence-corrected chi connectivity index (χ4v) is 2.61. The van der Waals surface area contributed by atoms with Gasteiger partial charge in [-0.15, -0.1) is 11.8 Å². The summed E-state index contributed by atoms with van der Waals surface area (Å²) in [6.07, 6.45) is 2.89. The number of rotatable bonds is 4. The minimum Gasteiger partial charge on any atom is -0.465 e. The van der Waals surface area contributed by atoms with Gasteiger partial charge in [0, 0.05) is 4.90 Å². The van der Waals surface area contributed by atoms with Crippen LogP contribution >= 0.6 is 11.8 Å². The Hall–Kier alpha value is -1.74. The number of hydrogen-bond acceptors (Lipinski definition) is 3. The summed E-state index contributed by atoms with van der Waals surface area (Å²) in [4.78, 5) is 12.8. The molecule has 0 aliphatic rings. The summed E-state index contributed by atoms with van der Waals surface area (Å²) in [6.45, 7) is 0. The van der Waals surface area contributed by atoms with Gasteiger partial charge >= 0.3 is 5.97 Å². The Bertz CT molecular complexity index is 578. The fourth-order valence-electron chi connectivity index (χ4n) is 2.00. The van der Waals surface area contributed by atoms with E-state index in [-0.39, 0.29) is 5.97 Å². The first kappa shape index (κ1) is 13.7. The van der Waals surface area contributed by atoms with Crippen LogP contribution in [0.1, 0.15) is 21.5 Å². The molecule has 0 saturated carbocycles. The molecule has 0 aliphatic carbocycles. The zero-order chi connectivity index (χ0) is 13.7. The molecule has 0 aliphatic heterocycles. The molecular formula is C16H16O2S. The Morgan fingerprint density at radius 3 is 2.68 bits per heavy atom. The van der Waals surface area contributed by atoms with Crippen molar-refractivity contribution in [2.45, 2.75) is 11.3 Å². The van der Waals surface area contributed by atoms with Crippen LogP contribution in [-0.4, -0.2) is 19.3 Å². The first-order chi connectivity index (χ1) is 9.24. The van der Waals surface area contributed by atoms with E-state index in [2.05, 4.69) is 18.4 Å². The van der Waals surface area contributed by atoms with Crippen molar-refractivity contribution in [3.05, 3.63) is 65.2 Å². The third-order valence-electron chi connectivity index (χ3n) is 2.94. The highest BCUT2D eigenvalue weighted by molar-refractivity contribution is 7.98. The van der Waals surface area contributed by atoms with Gasteiger partial charge < -0.3 is 4.74 Å². The van der Waals surface area contributed by atoms with Crippen molar-refractivity contribution >= 4 is 17.7 Å². The van der Waals surface area contributed by atoms with Gasteiger partial charge in [0.2, 0.25) is 0 Å². The smallest absolute Gasteiger partial charge is 0.337 e. The van der Waals surface area contributed by atoms with Crippen molar-refractivity contribution < 1.29 is 9.53 Å². The minimum atomic E-state index is -0.292. The van der Waals surface area contributed by atoms with E-state index >= 15 is 0 Å². The van der Waals surface area contributed by atoms with Gasteiger partial charge in [-0.25, -0.2) is 4.79 Å². The molecule has 0 fully saturated rings. The lowest BCUT2D eigenvalue weighted by atomic mass is 10.0. The Morgan fingerprint density at radius 2 is 1.95 bits per heavy atom. The van der Waals surface area contributed by atoms with E-state index in [9.17, 15) is 4.79 Å². The van der Waals surface area contributed by atoms with Gasteiger partial charge in [0.1, 0.15) is 0 Å². The number of ether oxygens (including phenoxy) is 1. The maximum Gasteiger partial charge on any atom is 0.337 e. The van der Waals surface area contributed by atoms with E-state index in [0.717, 1.165) is 12.0 Å². The number of hydrogen-bond donors (Lipinski definition) is 0. The first-order valence-electron chi connectivity index (χ1n) is 6.03. The maximum absolute atomic E-state index is 11.5. The van der Waals surface area contributed by atoms with Gasteiger partial charge in [-0.3, -0.25) is 0 Å². The molecule has 0 amide bonds. The van der Waals surface area contributed by atoms with Gasteiger partial charge in [-0.2, -0.15) is 0 Å². The predicted octanol–water partition coefficient (Wildman–Crippen LogP) is 3.79. The molecule has 0 heterocycles. The van der Waals surface area contributed by atoms with Crippen molar-refractivity contribution in [3.63, 3.8) is 0 Å². The molecule has 0 atom stereocenters. The minimum absolute atomic E-state index is 0.292. The van der Waals surface area contributed by atoms with Gasteiger partial charge in [0.05, 0.1) is 12.7 Å². The van der Waals surface area contributed by atoms with E-state index in [1.165, 1.54) is 17.6 Å². The average molecular weight is 272 g/mol. The van der Waals surface area contributed by atoms with Crippen molar-refractivity contribution in [3.8, 4) is 0 Å². The quantitative estimate of drug-likeness (QED) is 0.626. The van der Waals surface area contributed by atoms with Gasteiger partial charge in [-0.05, 0) is 42.0 Å². The standard InChI is InChI=1S/C16H16O2S/c1-18-16(17)14-8-5-6-12(11-14)10-13-7-3-4-9-15(13)19-2/h3-9,11H,10H2,1-2H3. The monoisotopic (exact) mass is 272 g/mol. The first-order valence-corrected chi connectivity index (χ1v) is 7.26. The molecule has 98 valence electrons. The van der Waals surface area contributed by atoms with Crippen LogP contribution in [0.15, 0.2) is 53.4 Å². The summed E-state index contributed by atoms with van der Waals surface area (Å²) in [5.41, 5.74) is 2.99. The van der Waals surface area contributed by atoms with E-state index < -0.39 is 0 Å². The van der Waals surface area contributed by atoms with Gasteiger partial charge in [0.25, 0.3) is 0 Å². The molecule has 3 heteroatoms. The molecule has 2 nitrogen and oxygen atoms in total. The molecule has 2 rings (SSSR count). The molecule has 0 aromatic heterocycles. The lowest BCUT2D eigenvalue weighted by Gasteiger charge is -2.08. The number of carbonyl (C=O) groups excluding carboxylic acids is 1. The van der Waals surface area contributed by atoms with Crippen molar-refractivity contribution in [2.75, 3.05) is 13.4 Å². The fraction of sp³-hybridized carbons (Fsp3) is 0.188. The third-order valence-corrected chi connectivity index (χ3v) is 3.77. The number of carbonyl (C=O) groups is 1. The van der Waals surface area contributed by atoms with Crippen LogP contribution in [0.25, 0.3) is 0 Å². The van der Waals surface area contributed by atoms with Crippen LogP contribution in [-0.2, 0) is 11.2 Å². The van der Waals surface area contributed by atoms with Crippen molar-refractivity contribution in [1.29, 1.82) is 0 Å². The summed E-state index contributed by atoms with van der Waals surface area (Å²) in [5, 5.41) is 0. The van der Waals surface area contributed by atoms with Gasteiger partial charge in [-0.1, -0.05) is 30.3 Å². The van der Waals surface area contributed by atoms with E-state index in [0.29, 0.717) is 5.56 Å². The van der Waals surface area contributed by atoms with Crippen LogP contribution in [0.4, 0.5) is 0 Å². The second kappa shape index (κ2) is 6.43.